The number of Topliss-reactive ketones (excluding diaryl/α,β-unsaturated/α-hetero) is 1. The van der Waals surface area contributed by atoms with Crippen molar-refractivity contribution in [3.05, 3.63) is 35.7 Å². The molecule has 0 atom stereocenters. The maximum Gasteiger partial charge on any atom is 0.173 e. The lowest BCUT2D eigenvalue weighted by atomic mass is 10.1. The summed E-state index contributed by atoms with van der Waals surface area (Å²) in [5.41, 5.74) is 1.56. The van der Waals surface area contributed by atoms with Crippen LogP contribution >= 0.6 is 0 Å². The summed E-state index contributed by atoms with van der Waals surface area (Å²) < 4.78 is 3.55. The first kappa shape index (κ1) is 11.6. The number of rotatable bonds is 4. The van der Waals surface area contributed by atoms with Crippen LogP contribution in [0.3, 0.4) is 0 Å². The first-order valence-corrected chi connectivity index (χ1v) is 5.63. The van der Waals surface area contributed by atoms with E-state index in [1.165, 1.54) is 0 Å². The minimum absolute atomic E-state index is 0.0734. The third kappa shape index (κ3) is 2.27. The molecule has 0 N–H and O–H groups in total. The fourth-order valence-electron chi connectivity index (χ4n) is 1.83. The van der Waals surface area contributed by atoms with E-state index >= 15 is 0 Å². The van der Waals surface area contributed by atoms with Gasteiger partial charge >= 0.3 is 0 Å². The van der Waals surface area contributed by atoms with Gasteiger partial charge in [0.1, 0.15) is 5.82 Å². The molecular formula is C12H16N4O. The highest BCUT2D eigenvalue weighted by Crippen LogP contribution is 2.11. The Morgan fingerprint density at radius 2 is 2.18 bits per heavy atom. The molecule has 0 aliphatic carbocycles. The van der Waals surface area contributed by atoms with Gasteiger partial charge in [-0.3, -0.25) is 9.48 Å². The van der Waals surface area contributed by atoms with E-state index in [1.54, 1.807) is 17.1 Å². The number of aromatic nitrogens is 4. The van der Waals surface area contributed by atoms with Crippen LogP contribution in [-0.2, 0) is 26.9 Å². The standard InChI is InChI=1S/C12H16N4O/c1-4-10-9(8-16(3)14-10)11(17)7-12-13-5-6-15(12)2/h5-6,8H,4,7H2,1-3H3. The molecule has 0 bridgehead atoms. The van der Waals surface area contributed by atoms with Crippen molar-refractivity contribution in [1.29, 1.82) is 0 Å². The first-order valence-electron chi connectivity index (χ1n) is 5.63. The lowest BCUT2D eigenvalue weighted by molar-refractivity contribution is 0.0989. The van der Waals surface area contributed by atoms with Crippen molar-refractivity contribution in [2.75, 3.05) is 0 Å². The number of carbonyl (C=O) groups excluding carboxylic acids is 1. The van der Waals surface area contributed by atoms with Crippen LogP contribution < -0.4 is 0 Å². The van der Waals surface area contributed by atoms with E-state index in [-0.39, 0.29) is 5.78 Å². The first-order chi connectivity index (χ1) is 8.11. The highest BCUT2D eigenvalue weighted by molar-refractivity contribution is 5.98. The molecule has 0 aliphatic heterocycles. The molecule has 2 rings (SSSR count). The molecule has 2 aromatic heterocycles. The van der Waals surface area contributed by atoms with Gasteiger partial charge < -0.3 is 4.57 Å². The van der Waals surface area contributed by atoms with Crippen LogP contribution in [0.4, 0.5) is 0 Å². The van der Waals surface area contributed by atoms with E-state index < -0.39 is 0 Å². The molecule has 0 fully saturated rings. The largest absolute Gasteiger partial charge is 0.338 e. The molecule has 0 radical (unpaired) electrons. The van der Waals surface area contributed by atoms with Gasteiger partial charge in [-0.15, -0.1) is 0 Å². The van der Waals surface area contributed by atoms with Gasteiger partial charge in [0.05, 0.1) is 17.7 Å². The average molecular weight is 232 g/mol. The van der Waals surface area contributed by atoms with Gasteiger partial charge in [0.25, 0.3) is 0 Å². The molecule has 0 spiro atoms. The number of carbonyl (C=O) groups is 1. The Kier molecular flexibility index (Phi) is 3.08. The molecule has 90 valence electrons. The van der Waals surface area contributed by atoms with Crippen LogP contribution in [0.1, 0.15) is 28.8 Å². The van der Waals surface area contributed by atoms with Crippen molar-refractivity contribution in [3.63, 3.8) is 0 Å². The van der Waals surface area contributed by atoms with Crippen molar-refractivity contribution in [3.8, 4) is 0 Å². The molecule has 0 aliphatic rings. The fraction of sp³-hybridized carbons (Fsp3) is 0.417. The Morgan fingerprint density at radius 1 is 1.41 bits per heavy atom. The summed E-state index contributed by atoms with van der Waals surface area (Å²) >= 11 is 0. The molecule has 0 saturated carbocycles. The van der Waals surface area contributed by atoms with Crippen molar-refractivity contribution >= 4 is 5.78 Å². The Hall–Kier alpha value is -1.91. The lowest BCUT2D eigenvalue weighted by Gasteiger charge is -2.01. The Balaban J connectivity index is 2.23. The molecular weight excluding hydrogens is 216 g/mol. The minimum Gasteiger partial charge on any atom is -0.338 e. The molecule has 2 heterocycles. The number of hydrogen-bond acceptors (Lipinski definition) is 3. The summed E-state index contributed by atoms with van der Waals surface area (Å²) in [5, 5.41) is 4.27. The highest BCUT2D eigenvalue weighted by Gasteiger charge is 2.16. The molecule has 0 saturated heterocycles. The van der Waals surface area contributed by atoms with Crippen LogP contribution in [0.15, 0.2) is 18.6 Å². The second-order valence-corrected chi connectivity index (χ2v) is 4.07. The number of ketones is 1. The molecule has 2 aromatic rings. The normalized spacial score (nSPS) is 10.8. The van der Waals surface area contributed by atoms with Crippen LogP contribution in [0, 0.1) is 0 Å². The van der Waals surface area contributed by atoms with Crippen molar-refractivity contribution < 1.29 is 4.79 Å². The smallest absolute Gasteiger partial charge is 0.173 e. The zero-order chi connectivity index (χ0) is 12.4. The average Bonchev–Trinajstić information content (AvgIpc) is 2.85. The number of nitrogens with zero attached hydrogens (tertiary/aromatic N) is 4. The van der Waals surface area contributed by atoms with Gasteiger partial charge in [-0.2, -0.15) is 5.10 Å². The van der Waals surface area contributed by atoms with Crippen molar-refractivity contribution in [2.24, 2.45) is 14.1 Å². The van der Waals surface area contributed by atoms with Crippen LogP contribution in [0.2, 0.25) is 0 Å². The SMILES string of the molecule is CCc1nn(C)cc1C(=O)Cc1nccn1C. The fourth-order valence-corrected chi connectivity index (χ4v) is 1.83. The van der Waals surface area contributed by atoms with Gasteiger partial charge in [0.15, 0.2) is 5.78 Å². The zero-order valence-electron chi connectivity index (χ0n) is 10.3. The highest BCUT2D eigenvalue weighted by atomic mass is 16.1. The summed E-state index contributed by atoms with van der Waals surface area (Å²) in [6.07, 6.45) is 6.41. The van der Waals surface area contributed by atoms with E-state index in [9.17, 15) is 4.79 Å². The Morgan fingerprint density at radius 3 is 2.76 bits per heavy atom. The summed E-state index contributed by atoms with van der Waals surface area (Å²) in [6.45, 7) is 2.00. The van der Waals surface area contributed by atoms with Crippen molar-refractivity contribution in [1.82, 2.24) is 19.3 Å². The van der Waals surface area contributed by atoms with Crippen molar-refractivity contribution in [2.45, 2.75) is 19.8 Å². The van der Waals surface area contributed by atoms with E-state index in [1.807, 2.05) is 31.8 Å². The summed E-state index contributed by atoms with van der Waals surface area (Å²) in [4.78, 5) is 16.3. The molecule has 0 unspecified atom stereocenters. The summed E-state index contributed by atoms with van der Waals surface area (Å²) in [6, 6.07) is 0. The van der Waals surface area contributed by atoms with Gasteiger partial charge in [-0.05, 0) is 6.42 Å². The van der Waals surface area contributed by atoms with Crippen LogP contribution in [-0.4, -0.2) is 25.1 Å². The van der Waals surface area contributed by atoms with Crippen LogP contribution in [0.25, 0.3) is 0 Å². The summed E-state index contributed by atoms with van der Waals surface area (Å²) in [5.74, 6) is 0.852. The lowest BCUT2D eigenvalue weighted by Crippen LogP contribution is -2.09. The maximum atomic E-state index is 12.2. The maximum absolute atomic E-state index is 12.2. The monoisotopic (exact) mass is 232 g/mol. The number of imidazole rings is 1. The van der Waals surface area contributed by atoms with Gasteiger partial charge in [0.2, 0.25) is 0 Å². The number of aryl methyl sites for hydroxylation is 3. The van der Waals surface area contributed by atoms with Gasteiger partial charge in [-0.1, -0.05) is 6.92 Å². The third-order valence-corrected chi connectivity index (χ3v) is 2.78. The van der Waals surface area contributed by atoms with E-state index in [4.69, 9.17) is 0 Å². The van der Waals surface area contributed by atoms with E-state index in [0.717, 1.165) is 17.9 Å². The van der Waals surface area contributed by atoms with Crippen LogP contribution in [0.5, 0.6) is 0 Å². The zero-order valence-corrected chi connectivity index (χ0v) is 10.3. The van der Waals surface area contributed by atoms with E-state index in [0.29, 0.717) is 12.0 Å². The topological polar surface area (TPSA) is 52.7 Å². The predicted molar refractivity (Wildman–Crippen MR) is 63.8 cm³/mol. The summed E-state index contributed by atoms with van der Waals surface area (Å²) in [7, 11) is 3.72. The quantitative estimate of drug-likeness (QED) is 0.743. The molecule has 17 heavy (non-hydrogen) atoms. The number of hydrogen-bond donors (Lipinski definition) is 0. The predicted octanol–water partition coefficient (Wildman–Crippen LogP) is 1.14. The molecule has 0 aromatic carbocycles. The minimum atomic E-state index is 0.0734. The second kappa shape index (κ2) is 4.53. The third-order valence-electron chi connectivity index (χ3n) is 2.78. The van der Waals surface area contributed by atoms with Gasteiger partial charge in [0, 0.05) is 32.7 Å². The molecule has 5 heteroatoms. The molecule has 0 amide bonds. The second-order valence-electron chi connectivity index (χ2n) is 4.07. The van der Waals surface area contributed by atoms with E-state index in [2.05, 4.69) is 10.1 Å². The Bertz CT molecular complexity index is 538. The van der Waals surface area contributed by atoms with Gasteiger partial charge in [-0.25, -0.2) is 4.98 Å². The Labute approximate surface area is 100 Å². The molecule has 5 nitrogen and oxygen atoms in total.